The molecule has 3 heteroatoms. The number of nitrogens with zero attached hydrogens (tertiary/aromatic N) is 2. The minimum Gasteiger partial charge on any atom is -0.341 e. The van der Waals surface area contributed by atoms with Gasteiger partial charge in [0, 0.05) is 25.7 Å². The highest BCUT2D eigenvalue weighted by atomic mass is 16.2. The van der Waals surface area contributed by atoms with E-state index in [2.05, 4.69) is 47.9 Å². The highest BCUT2D eigenvalue weighted by Gasteiger charge is 2.32. The van der Waals surface area contributed by atoms with Gasteiger partial charge in [0.25, 0.3) is 0 Å². The predicted molar refractivity (Wildman–Crippen MR) is 89.4 cm³/mol. The number of rotatable bonds is 5. The molecule has 2 unspecified atom stereocenters. The monoisotopic (exact) mass is 300 g/mol. The molecule has 1 aromatic carbocycles. The minimum absolute atomic E-state index is 0.321. The maximum atomic E-state index is 12.7. The van der Waals surface area contributed by atoms with Crippen LogP contribution in [-0.2, 0) is 11.3 Å². The van der Waals surface area contributed by atoms with Crippen LogP contribution in [0.15, 0.2) is 30.3 Å². The average molecular weight is 300 g/mol. The molecule has 3 rings (SSSR count). The van der Waals surface area contributed by atoms with Crippen LogP contribution in [0.2, 0.25) is 0 Å². The zero-order valence-electron chi connectivity index (χ0n) is 13.9. The molecule has 0 spiro atoms. The molecule has 120 valence electrons. The molecule has 1 aliphatic carbocycles. The Labute approximate surface area is 134 Å². The molecule has 0 N–H and O–H groups in total. The van der Waals surface area contributed by atoms with Crippen LogP contribution in [0, 0.1) is 11.8 Å². The number of carbonyl (C=O) groups is 1. The van der Waals surface area contributed by atoms with E-state index in [1.807, 2.05) is 6.07 Å². The van der Waals surface area contributed by atoms with Gasteiger partial charge in [0.05, 0.1) is 6.54 Å². The van der Waals surface area contributed by atoms with Crippen molar-refractivity contribution in [1.29, 1.82) is 0 Å². The zero-order valence-corrected chi connectivity index (χ0v) is 13.9. The first-order valence-corrected chi connectivity index (χ1v) is 8.67. The normalized spacial score (nSPS) is 25.5. The molecule has 1 heterocycles. The van der Waals surface area contributed by atoms with E-state index < -0.39 is 0 Å². The highest BCUT2D eigenvalue weighted by molar-refractivity contribution is 5.78. The fourth-order valence-corrected chi connectivity index (χ4v) is 3.71. The molecule has 0 radical (unpaired) electrons. The summed E-state index contributed by atoms with van der Waals surface area (Å²) in [6.07, 6.45) is 3.74. The van der Waals surface area contributed by atoms with E-state index in [0.717, 1.165) is 19.6 Å². The lowest BCUT2D eigenvalue weighted by molar-refractivity contribution is -0.135. The molecule has 1 amide bonds. The average Bonchev–Trinajstić information content (AvgIpc) is 3.31. The Balaban J connectivity index is 1.60. The Hall–Kier alpha value is -1.35. The Kier molecular flexibility index (Phi) is 4.82. The molecule has 1 aromatic rings. The summed E-state index contributed by atoms with van der Waals surface area (Å²) in [5, 5.41) is 0. The second-order valence-corrected chi connectivity index (χ2v) is 7.37. The molecule has 2 fully saturated rings. The molecule has 1 aliphatic heterocycles. The van der Waals surface area contributed by atoms with Crippen molar-refractivity contribution in [2.75, 3.05) is 19.6 Å². The summed E-state index contributed by atoms with van der Waals surface area (Å²) in [4.78, 5) is 17.2. The first-order valence-electron chi connectivity index (χ1n) is 8.67. The first-order chi connectivity index (χ1) is 10.6. The van der Waals surface area contributed by atoms with Crippen molar-refractivity contribution in [3.63, 3.8) is 0 Å². The number of hydrogen-bond acceptors (Lipinski definition) is 2. The van der Waals surface area contributed by atoms with Gasteiger partial charge in [0.1, 0.15) is 0 Å². The van der Waals surface area contributed by atoms with Crippen molar-refractivity contribution >= 4 is 5.91 Å². The lowest BCUT2D eigenvalue weighted by atomic mass is 9.92. The SMILES string of the molecule is CC1CC(C)CN(C(=O)CN(Cc2ccccc2)C2CC2)C1. The van der Waals surface area contributed by atoms with Gasteiger partial charge in [-0.05, 0) is 36.7 Å². The fourth-order valence-electron chi connectivity index (χ4n) is 3.71. The van der Waals surface area contributed by atoms with E-state index in [-0.39, 0.29) is 0 Å². The van der Waals surface area contributed by atoms with Gasteiger partial charge in [0.15, 0.2) is 0 Å². The van der Waals surface area contributed by atoms with Crippen LogP contribution in [0.4, 0.5) is 0 Å². The van der Waals surface area contributed by atoms with Gasteiger partial charge in [0.2, 0.25) is 5.91 Å². The molecular formula is C19H28N2O. The van der Waals surface area contributed by atoms with E-state index in [1.54, 1.807) is 0 Å². The second-order valence-electron chi connectivity index (χ2n) is 7.37. The van der Waals surface area contributed by atoms with Crippen LogP contribution < -0.4 is 0 Å². The third-order valence-electron chi connectivity index (χ3n) is 4.85. The zero-order chi connectivity index (χ0) is 15.5. The standard InChI is InChI=1S/C19H28N2O/c1-15-10-16(2)12-21(11-15)19(22)14-20(18-8-9-18)13-17-6-4-3-5-7-17/h3-7,15-16,18H,8-14H2,1-2H3. The molecule has 0 aromatic heterocycles. The first kappa shape index (κ1) is 15.5. The van der Waals surface area contributed by atoms with Crippen molar-refractivity contribution in [3.8, 4) is 0 Å². The van der Waals surface area contributed by atoms with E-state index in [1.165, 1.54) is 24.8 Å². The van der Waals surface area contributed by atoms with Crippen LogP contribution in [-0.4, -0.2) is 41.4 Å². The van der Waals surface area contributed by atoms with Crippen LogP contribution in [0.3, 0.4) is 0 Å². The lowest BCUT2D eigenvalue weighted by Gasteiger charge is -2.36. The third-order valence-corrected chi connectivity index (χ3v) is 4.85. The van der Waals surface area contributed by atoms with Crippen molar-refractivity contribution in [2.24, 2.45) is 11.8 Å². The van der Waals surface area contributed by atoms with Crippen LogP contribution >= 0.6 is 0 Å². The van der Waals surface area contributed by atoms with Crippen molar-refractivity contribution < 1.29 is 4.79 Å². The largest absolute Gasteiger partial charge is 0.341 e. The van der Waals surface area contributed by atoms with Gasteiger partial charge in [-0.3, -0.25) is 9.69 Å². The molecular weight excluding hydrogens is 272 g/mol. The van der Waals surface area contributed by atoms with Gasteiger partial charge in [-0.25, -0.2) is 0 Å². The van der Waals surface area contributed by atoms with Crippen molar-refractivity contribution in [2.45, 2.75) is 45.7 Å². The maximum absolute atomic E-state index is 12.7. The Morgan fingerprint density at radius 2 is 1.77 bits per heavy atom. The number of likely N-dealkylation sites (tertiary alicyclic amines) is 1. The summed E-state index contributed by atoms with van der Waals surface area (Å²) in [5.41, 5.74) is 1.31. The van der Waals surface area contributed by atoms with Gasteiger partial charge in [-0.15, -0.1) is 0 Å². The van der Waals surface area contributed by atoms with Crippen LogP contribution in [0.25, 0.3) is 0 Å². The highest BCUT2D eigenvalue weighted by Crippen LogP contribution is 2.29. The smallest absolute Gasteiger partial charge is 0.236 e. The summed E-state index contributed by atoms with van der Waals surface area (Å²) in [5.74, 6) is 1.59. The van der Waals surface area contributed by atoms with Gasteiger partial charge < -0.3 is 4.90 Å². The molecule has 2 atom stereocenters. The van der Waals surface area contributed by atoms with E-state index in [0.29, 0.717) is 30.3 Å². The van der Waals surface area contributed by atoms with Gasteiger partial charge >= 0.3 is 0 Å². The Morgan fingerprint density at radius 1 is 1.14 bits per heavy atom. The van der Waals surface area contributed by atoms with Gasteiger partial charge in [-0.1, -0.05) is 44.2 Å². The number of hydrogen-bond donors (Lipinski definition) is 0. The van der Waals surface area contributed by atoms with Crippen molar-refractivity contribution in [1.82, 2.24) is 9.80 Å². The summed E-state index contributed by atoms with van der Waals surface area (Å²) in [7, 11) is 0. The lowest BCUT2D eigenvalue weighted by Crippen LogP contribution is -2.47. The van der Waals surface area contributed by atoms with Crippen LogP contribution in [0.1, 0.15) is 38.7 Å². The predicted octanol–water partition coefficient (Wildman–Crippen LogP) is 3.16. The quantitative estimate of drug-likeness (QED) is 0.834. The number of benzene rings is 1. The van der Waals surface area contributed by atoms with Crippen molar-refractivity contribution in [3.05, 3.63) is 35.9 Å². The third kappa shape index (κ3) is 4.10. The molecule has 1 saturated heterocycles. The topological polar surface area (TPSA) is 23.6 Å². The summed E-state index contributed by atoms with van der Waals surface area (Å²) >= 11 is 0. The summed E-state index contributed by atoms with van der Waals surface area (Å²) in [6.45, 7) is 7.88. The second kappa shape index (κ2) is 6.82. The fraction of sp³-hybridized carbons (Fsp3) is 0.632. The molecule has 3 nitrogen and oxygen atoms in total. The summed E-state index contributed by atoms with van der Waals surface area (Å²) in [6, 6.07) is 11.1. The van der Waals surface area contributed by atoms with Crippen LogP contribution in [0.5, 0.6) is 0 Å². The molecule has 0 bridgehead atoms. The van der Waals surface area contributed by atoms with E-state index in [4.69, 9.17) is 0 Å². The van der Waals surface area contributed by atoms with Gasteiger partial charge in [-0.2, -0.15) is 0 Å². The maximum Gasteiger partial charge on any atom is 0.236 e. The Bertz CT molecular complexity index is 487. The molecule has 1 saturated carbocycles. The number of amides is 1. The molecule has 22 heavy (non-hydrogen) atoms. The number of piperidine rings is 1. The minimum atomic E-state index is 0.321. The summed E-state index contributed by atoms with van der Waals surface area (Å²) < 4.78 is 0. The number of carbonyl (C=O) groups excluding carboxylic acids is 1. The van der Waals surface area contributed by atoms with E-state index in [9.17, 15) is 4.79 Å². The molecule has 2 aliphatic rings. The Morgan fingerprint density at radius 3 is 2.36 bits per heavy atom. The van der Waals surface area contributed by atoms with E-state index >= 15 is 0 Å².